The van der Waals surface area contributed by atoms with Crippen molar-refractivity contribution < 1.29 is 14.7 Å². The van der Waals surface area contributed by atoms with Crippen molar-refractivity contribution in [2.24, 2.45) is 11.8 Å². The first-order chi connectivity index (χ1) is 8.61. The molecule has 2 unspecified atom stereocenters. The second kappa shape index (κ2) is 7.39. The van der Waals surface area contributed by atoms with Crippen LogP contribution in [0.25, 0.3) is 0 Å². The molecule has 1 aliphatic rings. The number of unbranched alkanes of at least 4 members (excludes halogenated alkanes) is 2. The Balaban J connectivity index is 2.54. The molecule has 0 bridgehead atoms. The van der Waals surface area contributed by atoms with Crippen LogP contribution in [0.3, 0.4) is 0 Å². The van der Waals surface area contributed by atoms with E-state index in [0.29, 0.717) is 6.42 Å². The van der Waals surface area contributed by atoms with Gasteiger partial charge in [-0.15, -0.1) is 0 Å². The molecule has 1 saturated carbocycles. The Bertz CT molecular complexity index is 283. The first-order valence-electron chi connectivity index (χ1n) is 7.13. The van der Waals surface area contributed by atoms with Gasteiger partial charge in [0, 0.05) is 13.1 Å². The van der Waals surface area contributed by atoms with Gasteiger partial charge in [0.05, 0.1) is 11.8 Å². The Kier molecular flexibility index (Phi) is 6.16. The van der Waals surface area contributed by atoms with Crippen LogP contribution >= 0.6 is 0 Å². The number of rotatable bonds is 8. The van der Waals surface area contributed by atoms with Crippen molar-refractivity contribution in [3.8, 4) is 0 Å². The van der Waals surface area contributed by atoms with Gasteiger partial charge in [-0.05, 0) is 25.7 Å². The summed E-state index contributed by atoms with van der Waals surface area (Å²) in [6.45, 7) is 5.76. The van der Waals surface area contributed by atoms with Crippen LogP contribution < -0.4 is 0 Å². The summed E-state index contributed by atoms with van der Waals surface area (Å²) >= 11 is 0. The summed E-state index contributed by atoms with van der Waals surface area (Å²) in [5.41, 5.74) is 0. The third-order valence-corrected chi connectivity index (χ3v) is 3.78. The van der Waals surface area contributed by atoms with E-state index in [1.807, 2.05) is 4.90 Å². The summed E-state index contributed by atoms with van der Waals surface area (Å²) in [6, 6.07) is 0. The van der Waals surface area contributed by atoms with Crippen molar-refractivity contribution in [3.63, 3.8) is 0 Å². The van der Waals surface area contributed by atoms with Crippen LogP contribution in [0.15, 0.2) is 0 Å². The average molecular weight is 255 g/mol. The molecule has 104 valence electrons. The largest absolute Gasteiger partial charge is 0.481 e. The Morgan fingerprint density at radius 2 is 1.56 bits per heavy atom. The van der Waals surface area contributed by atoms with E-state index in [4.69, 9.17) is 5.11 Å². The third kappa shape index (κ3) is 3.72. The zero-order chi connectivity index (χ0) is 13.5. The molecule has 0 saturated heterocycles. The molecule has 4 nitrogen and oxygen atoms in total. The Morgan fingerprint density at radius 3 is 1.89 bits per heavy atom. The highest BCUT2D eigenvalue weighted by Gasteiger charge is 2.42. The van der Waals surface area contributed by atoms with Gasteiger partial charge in [-0.1, -0.05) is 26.7 Å². The lowest BCUT2D eigenvalue weighted by molar-refractivity contribution is -0.156. The maximum Gasteiger partial charge on any atom is 0.307 e. The molecule has 1 amide bonds. The summed E-state index contributed by atoms with van der Waals surface area (Å²) in [5, 5.41) is 9.02. The highest BCUT2D eigenvalue weighted by molar-refractivity contribution is 5.86. The van der Waals surface area contributed by atoms with Crippen molar-refractivity contribution in [3.05, 3.63) is 0 Å². The number of amides is 1. The van der Waals surface area contributed by atoms with Gasteiger partial charge in [0.2, 0.25) is 5.91 Å². The number of nitrogens with zero attached hydrogens (tertiary/aromatic N) is 1. The number of aliphatic carboxylic acids is 1. The lowest BCUT2D eigenvalue weighted by Crippen LogP contribution is -2.46. The third-order valence-electron chi connectivity index (χ3n) is 3.78. The van der Waals surface area contributed by atoms with Gasteiger partial charge >= 0.3 is 5.97 Å². The topological polar surface area (TPSA) is 57.6 Å². The van der Waals surface area contributed by atoms with Gasteiger partial charge in [0.25, 0.3) is 0 Å². The molecule has 0 aromatic carbocycles. The molecule has 2 atom stereocenters. The van der Waals surface area contributed by atoms with E-state index in [0.717, 1.165) is 45.2 Å². The van der Waals surface area contributed by atoms with E-state index in [-0.39, 0.29) is 11.8 Å². The summed E-state index contributed by atoms with van der Waals surface area (Å²) in [4.78, 5) is 25.2. The van der Waals surface area contributed by atoms with E-state index in [1.165, 1.54) is 0 Å². The van der Waals surface area contributed by atoms with Gasteiger partial charge in [-0.2, -0.15) is 0 Å². The monoisotopic (exact) mass is 255 g/mol. The van der Waals surface area contributed by atoms with Crippen molar-refractivity contribution >= 4 is 11.9 Å². The summed E-state index contributed by atoms with van der Waals surface area (Å²) in [5.74, 6) is -1.46. The Labute approximate surface area is 109 Å². The minimum Gasteiger partial charge on any atom is -0.481 e. The number of carboxylic acid groups (broad SMARTS) is 1. The molecule has 18 heavy (non-hydrogen) atoms. The number of carbonyl (C=O) groups is 2. The van der Waals surface area contributed by atoms with Crippen LogP contribution in [0.5, 0.6) is 0 Å². The summed E-state index contributed by atoms with van der Waals surface area (Å²) in [6.07, 6.45) is 5.51. The highest BCUT2D eigenvalue weighted by atomic mass is 16.4. The van der Waals surface area contributed by atoms with Crippen molar-refractivity contribution in [2.45, 2.75) is 52.4 Å². The molecule has 1 rings (SSSR count). The van der Waals surface area contributed by atoms with Gasteiger partial charge in [-0.25, -0.2) is 0 Å². The number of carbonyl (C=O) groups excluding carboxylic acids is 1. The molecule has 1 fully saturated rings. The zero-order valence-electron chi connectivity index (χ0n) is 11.5. The predicted octanol–water partition coefficient (Wildman–Crippen LogP) is 2.53. The van der Waals surface area contributed by atoms with Crippen LogP contribution in [-0.2, 0) is 9.59 Å². The van der Waals surface area contributed by atoms with Crippen molar-refractivity contribution in [2.75, 3.05) is 13.1 Å². The molecule has 0 spiro atoms. The van der Waals surface area contributed by atoms with Gasteiger partial charge in [0.1, 0.15) is 0 Å². The zero-order valence-corrected chi connectivity index (χ0v) is 11.5. The standard InChI is InChI=1S/C14H25NO3/c1-3-5-9-15(10-6-4-2)13(16)11-7-8-12(11)14(17)18/h11-12H,3-10H2,1-2H3,(H,17,18). The van der Waals surface area contributed by atoms with Crippen molar-refractivity contribution in [1.82, 2.24) is 4.90 Å². The predicted molar refractivity (Wildman–Crippen MR) is 70.2 cm³/mol. The van der Waals surface area contributed by atoms with E-state index in [2.05, 4.69) is 13.8 Å². The molecule has 0 heterocycles. The van der Waals surface area contributed by atoms with E-state index in [9.17, 15) is 9.59 Å². The Hall–Kier alpha value is -1.06. The van der Waals surface area contributed by atoms with Crippen LogP contribution in [-0.4, -0.2) is 35.0 Å². The maximum atomic E-state index is 12.3. The molecular weight excluding hydrogens is 230 g/mol. The molecule has 0 radical (unpaired) electrons. The summed E-state index contributed by atoms with van der Waals surface area (Å²) in [7, 11) is 0. The lowest BCUT2D eigenvalue weighted by atomic mass is 9.73. The maximum absolute atomic E-state index is 12.3. The molecular formula is C14H25NO3. The van der Waals surface area contributed by atoms with Crippen LogP contribution in [0, 0.1) is 11.8 Å². The number of carboxylic acids is 1. The van der Waals surface area contributed by atoms with Crippen LogP contribution in [0.4, 0.5) is 0 Å². The SMILES string of the molecule is CCCCN(CCCC)C(=O)C1CCC1C(=O)O. The minimum absolute atomic E-state index is 0.0653. The van der Waals surface area contributed by atoms with Gasteiger partial charge < -0.3 is 10.0 Å². The van der Waals surface area contributed by atoms with Crippen molar-refractivity contribution in [1.29, 1.82) is 0 Å². The van der Waals surface area contributed by atoms with E-state index >= 15 is 0 Å². The van der Waals surface area contributed by atoms with Gasteiger partial charge in [0.15, 0.2) is 0 Å². The first kappa shape index (κ1) is 15.0. The molecule has 0 aliphatic heterocycles. The fraction of sp³-hybridized carbons (Fsp3) is 0.857. The summed E-state index contributed by atoms with van der Waals surface area (Å²) < 4.78 is 0. The van der Waals surface area contributed by atoms with Gasteiger partial charge in [-0.3, -0.25) is 9.59 Å². The average Bonchev–Trinajstić information content (AvgIpc) is 2.26. The second-order valence-electron chi connectivity index (χ2n) is 5.16. The number of hydrogen-bond acceptors (Lipinski definition) is 2. The Morgan fingerprint density at radius 1 is 1.06 bits per heavy atom. The highest BCUT2D eigenvalue weighted by Crippen LogP contribution is 2.36. The smallest absolute Gasteiger partial charge is 0.307 e. The minimum atomic E-state index is -0.814. The van der Waals surface area contributed by atoms with E-state index in [1.54, 1.807) is 0 Å². The van der Waals surface area contributed by atoms with Crippen LogP contribution in [0.2, 0.25) is 0 Å². The van der Waals surface area contributed by atoms with Crippen LogP contribution in [0.1, 0.15) is 52.4 Å². The molecule has 0 aromatic rings. The molecule has 1 N–H and O–H groups in total. The number of hydrogen-bond donors (Lipinski definition) is 1. The second-order valence-corrected chi connectivity index (χ2v) is 5.16. The lowest BCUT2D eigenvalue weighted by Gasteiger charge is -2.36. The fourth-order valence-electron chi connectivity index (χ4n) is 2.36. The quantitative estimate of drug-likeness (QED) is 0.725. The first-order valence-corrected chi connectivity index (χ1v) is 7.13. The normalized spacial score (nSPS) is 22.3. The van der Waals surface area contributed by atoms with E-state index < -0.39 is 11.9 Å². The molecule has 4 heteroatoms. The molecule has 0 aromatic heterocycles. The molecule has 1 aliphatic carbocycles. The fourth-order valence-corrected chi connectivity index (χ4v) is 2.36.